The van der Waals surface area contributed by atoms with Gasteiger partial charge in [-0.05, 0) is 38.1 Å². The van der Waals surface area contributed by atoms with Gasteiger partial charge in [0.1, 0.15) is 12.7 Å². The molecule has 150 valence electrons. The summed E-state index contributed by atoms with van der Waals surface area (Å²) in [7, 11) is -4.31. The average Bonchev–Trinajstić information content (AvgIpc) is 2.98. The fraction of sp³-hybridized carbons (Fsp3) is 0.333. The zero-order valence-corrected chi connectivity index (χ0v) is 16.2. The first-order chi connectivity index (χ1) is 13.0. The Labute approximate surface area is 162 Å². The maximum Gasteiger partial charge on any atom is 0.338 e. The van der Waals surface area contributed by atoms with Crippen molar-refractivity contribution < 1.29 is 37.1 Å². The van der Waals surface area contributed by atoms with Crippen molar-refractivity contribution >= 4 is 33.8 Å². The number of ether oxygens (including phenoxy) is 2. The molecule has 1 atom stereocenters. The van der Waals surface area contributed by atoms with Gasteiger partial charge in [0.05, 0.1) is 10.5 Å². The predicted octanol–water partition coefficient (Wildman–Crippen LogP) is 1.19. The Bertz CT molecular complexity index is 917. The second-order valence-electron chi connectivity index (χ2n) is 6.18. The topological polar surface area (TPSA) is 124 Å². The molecular weight excluding hydrogens is 390 g/mol. The van der Waals surface area contributed by atoms with Gasteiger partial charge in [0, 0.05) is 18.4 Å². The van der Waals surface area contributed by atoms with E-state index < -0.39 is 39.9 Å². The zero-order chi connectivity index (χ0) is 21.1. The monoisotopic (exact) mass is 409 g/mol. The van der Waals surface area contributed by atoms with Gasteiger partial charge in [-0.2, -0.15) is 4.31 Å². The highest BCUT2D eigenvalue weighted by Gasteiger charge is 2.39. The van der Waals surface area contributed by atoms with Crippen LogP contribution in [0.1, 0.15) is 37.0 Å². The molecular formula is C18H19NO8S. The first-order valence-corrected chi connectivity index (χ1v) is 9.72. The number of hydrogen-bond acceptors (Lipinski definition) is 8. The molecule has 28 heavy (non-hydrogen) atoms. The molecule has 1 fully saturated rings. The normalized spacial score (nSPS) is 15.3. The van der Waals surface area contributed by atoms with E-state index in [0.29, 0.717) is 0 Å². The lowest BCUT2D eigenvalue weighted by Gasteiger charge is -2.15. The molecule has 0 aromatic heterocycles. The SMILES string of the molecule is C=C(C)C(=O)OCC(C)OC(=O)c1ccc(S(=O)(=O)N2C(=O)CCC2=O)cc1. The van der Waals surface area contributed by atoms with Crippen molar-refractivity contribution in [2.24, 2.45) is 0 Å². The van der Waals surface area contributed by atoms with Gasteiger partial charge >= 0.3 is 11.9 Å². The molecule has 2 rings (SSSR count). The molecule has 1 unspecified atom stereocenters. The lowest BCUT2D eigenvalue weighted by molar-refractivity contribution is -0.141. The Morgan fingerprint density at radius 3 is 2.18 bits per heavy atom. The summed E-state index contributed by atoms with van der Waals surface area (Å²) in [6.45, 7) is 6.27. The van der Waals surface area contributed by atoms with Crippen molar-refractivity contribution in [3.8, 4) is 0 Å². The van der Waals surface area contributed by atoms with Crippen LogP contribution in [0.2, 0.25) is 0 Å². The van der Waals surface area contributed by atoms with E-state index in [1.165, 1.54) is 26.0 Å². The Kier molecular flexibility index (Phi) is 6.34. The second kappa shape index (κ2) is 8.34. The van der Waals surface area contributed by atoms with Crippen molar-refractivity contribution in [3.63, 3.8) is 0 Å². The summed E-state index contributed by atoms with van der Waals surface area (Å²) in [5.41, 5.74) is 0.265. The van der Waals surface area contributed by atoms with Crippen LogP contribution in [-0.2, 0) is 33.9 Å². The summed E-state index contributed by atoms with van der Waals surface area (Å²) in [6, 6.07) is 4.62. The van der Waals surface area contributed by atoms with Crippen molar-refractivity contribution in [1.29, 1.82) is 0 Å². The molecule has 0 aliphatic carbocycles. The number of carbonyl (C=O) groups is 4. The van der Waals surface area contributed by atoms with Crippen molar-refractivity contribution in [2.45, 2.75) is 37.7 Å². The second-order valence-corrected chi connectivity index (χ2v) is 7.96. The van der Waals surface area contributed by atoms with Crippen molar-refractivity contribution in [1.82, 2.24) is 4.31 Å². The molecule has 0 radical (unpaired) electrons. The molecule has 1 aliphatic rings. The zero-order valence-electron chi connectivity index (χ0n) is 15.3. The van der Waals surface area contributed by atoms with Gasteiger partial charge in [0.25, 0.3) is 10.0 Å². The highest BCUT2D eigenvalue weighted by molar-refractivity contribution is 7.90. The number of carbonyl (C=O) groups excluding carboxylic acids is 4. The molecule has 0 N–H and O–H groups in total. The summed E-state index contributed by atoms with van der Waals surface area (Å²) < 4.78 is 35.1. The maximum atomic E-state index is 12.4. The minimum absolute atomic E-state index is 0.0519. The number of nitrogens with zero attached hydrogens (tertiary/aromatic N) is 1. The number of hydrogen-bond donors (Lipinski definition) is 0. The van der Waals surface area contributed by atoms with E-state index in [1.54, 1.807) is 0 Å². The van der Waals surface area contributed by atoms with Crippen LogP contribution in [-0.4, -0.2) is 49.2 Å². The minimum atomic E-state index is -4.31. The standard InChI is InChI=1S/C18H19NO8S/c1-11(2)17(22)26-10-12(3)27-18(23)13-4-6-14(7-5-13)28(24,25)19-15(20)8-9-16(19)21/h4-7,12H,1,8-10H2,2-3H3. The summed E-state index contributed by atoms with van der Waals surface area (Å²) in [4.78, 5) is 46.5. The molecule has 0 spiro atoms. The van der Waals surface area contributed by atoms with Gasteiger partial charge in [-0.1, -0.05) is 6.58 Å². The smallest absolute Gasteiger partial charge is 0.338 e. The van der Waals surface area contributed by atoms with Crippen molar-refractivity contribution in [2.75, 3.05) is 6.61 Å². The number of esters is 2. The van der Waals surface area contributed by atoms with E-state index >= 15 is 0 Å². The number of amides is 2. The van der Waals surface area contributed by atoms with E-state index in [4.69, 9.17) is 9.47 Å². The van der Waals surface area contributed by atoms with Crippen LogP contribution >= 0.6 is 0 Å². The van der Waals surface area contributed by atoms with E-state index in [1.807, 2.05) is 0 Å². The van der Waals surface area contributed by atoms with Crippen LogP contribution in [0, 0.1) is 0 Å². The van der Waals surface area contributed by atoms with Gasteiger partial charge in [0.15, 0.2) is 0 Å². The highest BCUT2D eigenvalue weighted by Crippen LogP contribution is 2.23. The first-order valence-electron chi connectivity index (χ1n) is 8.28. The van der Waals surface area contributed by atoms with Gasteiger partial charge < -0.3 is 9.47 Å². The van der Waals surface area contributed by atoms with E-state index in [9.17, 15) is 27.6 Å². The molecule has 0 bridgehead atoms. The maximum absolute atomic E-state index is 12.4. The molecule has 1 saturated heterocycles. The Morgan fingerprint density at radius 1 is 1.14 bits per heavy atom. The summed E-state index contributed by atoms with van der Waals surface area (Å²) in [5.74, 6) is -2.93. The lowest BCUT2D eigenvalue weighted by Crippen LogP contribution is -2.35. The first kappa shape index (κ1) is 21.3. The Hall–Kier alpha value is -3.01. The molecule has 1 heterocycles. The predicted molar refractivity (Wildman–Crippen MR) is 95.4 cm³/mol. The summed E-state index contributed by atoms with van der Waals surface area (Å²) >= 11 is 0. The third-order valence-corrected chi connectivity index (χ3v) is 5.50. The van der Waals surface area contributed by atoms with Crippen LogP contribution in [0.5, 0.6) is 0 Å². The van der Waals surface area contributed by atoms with Crippen LogP contribution < -0.4 is 0 Å². The van der Waals surface area contributed by atoms with Crippen LogP contribution in [0.25, 0.3) is 0 Å². The molecule has 1 aromatic rings. The van der Waals surface area contributed by atoms with Crippen LogP contribution in [0.15, 0.2) is 41.3 Å². The lowest BCUT2D eigenvalue weighted by atomic mass is 10.2. The number of sulfonamides is 1. The van der Waals surface area contributed by atoms with Gasteiger partial charge in [-0.3, -0.25) is 9.59 Å². The van der Waals surface area contributed by atoms with E-state index in [-0.39, 0.29) is 39.8 Å². The van der Waals surface area contributed by atoms with E-state index in [0.717, 1.165) is 12.1 Å². The molecule has 1 aromatic carbocycles. The molecule has 1 aliphatic heterocycles. The van der Waals surface area contributed by atoms with Crippen molar-refractivity contribution in [3.05, 3.63) is 42.0 Å². The van der Waals surface area contributed by atoms with E-state index in [2.05, 4.69) is 6.58 Å². The molecule has 0 saturated carbocycles. The van der Waals surface area contributed by atoms with Gasteiger partial charge in [-0.15, -0.1) is 0 Å². The third-order valence-electron chi connectivity index (χ3n) is 3.74. The Balaban J connectivity index is 2.04. The van der Waals surface area contributed by atoms with Gasteiger partial charge in [0.2, 0.25) is 11.8 Å². The summed E-state index contributed by atoms with van der Waals surface area (Å²) in [5, 5.41) is 0. The summed E-state index contributed by atoms with van der Waals surface area (Å²) in [6.07, 6.45) is -1.05. The third kappa shape index (κ3) is 4.63. The Morgan fingerprint density at radius 2 is 1.68 bits per heavy atom. The van der Waals surface area contributed by atoms with Crippen LogP contribution in [0.4, 0.5) is 0 Å². The molecule has 9 nitrogen and oxygen atoms in total. The number of benzene rings is 1. The fourth-order valence-corrected chi connectivity index (χ4v) is 3.70. The number of imide groups is 1. The highest BCUT2D eigenvalue weighted by atomic mass is 32.2. The quantitative estimate of drug-likeness (QED) is 0.374. The minimum Gasteiger partial charge on any atom is -0.458 e. The van der Waals surface area contributed by atoms with Crippen LogP contribution in [0.3, 0.4) is 0 Å². The largest absolute Gasteiger partial charge is 0.458 e. The molecule has 10 heteroatoms. The fourth-order valence-electron chi connectivity index (χ4n) is 2.29. The number of rotatable bonds is 7. The van der Waals surface area contributed by atoms with Gasteiger partial charge in [-0.25, -0.2) is 18.0 Å². The molecule has 2 amide bonds. The average molecular weight is 409 g/mol.